The topological polar surface area (TPSA) is 29.1 Å². The molecule has 116 valence electrons. The van der Waals surface area contributed by atoms with Crippen LogP contribution < -0.4 is 5.32 Å². The molecule has 0 fully saturated rings. The lowest BCUT2D eigenvalue weighted by atomic mass is 10.2. The van der Waals surface area contributed by atoms with Crippen molar-refractivity contribution >= 4 is 46.6 Å². The van der Waals surface area contributed by atoms with Gasteiger partial charge in [0, 0.05) is 15.6 Å². The number of hydrogen-bond donors (Lipinski definition) is 1. The number of halogens is 3. The van der Waals surface area contributed by atoms with E-state index in [-0.39, 0.29) is 16.2 Å². The molecule has 1 amide bonds. The molecule has 0 heterocycles. The molecule has 2 aromatic rings. The average molecular weight is 358 g/mol. The number of nitrogens with one attached hydrogen (secondary N) is 1. The van der Waals surface area contributed by atoms with Crippen LogP contribution in [0.1, 0.15) is 13.3 Å². The highest BCUT2D eigenvalue weighted by atomic mass is 35.5. The molecule has 0 aliphatic rings. The molecular formula is C16H14Cl2FNOS. The van der Waals surface area contributed by atoms with Gasteiger partial charge in [-0.1, -0.05) is 30.1 Å². The number of benzene rings is 2. The first kappa shape index (κ1) is 17.1. The summed E-state index contributed by atoms with van der Waals surface area (Å²) in [5.74, 6) is -0.660. The van der Waals surface area contributed by atoms with Gasteiger partial charge in [0.05, 0.1) is 10.3 Å². The Labute approximate surface area is 143 Å². The van der Waals surface area contributed by atoms with Gasteiger partial charge in [0.1, 0.15) is 5.82 Å². The van der Waals surface area contributed by atoms with Crippen LogP contribution >= 0.6 is 35.0 Å². The van der Waals surface area contributed by atoms with Crippen molar-refractivity contribution in [1.82, 2.24) is 0 Å². The van der Waals surface area contributed by atoms with Gasteiger partial charge >= 0.3 is 0 Å². The van der Waals surface area contributed by atoms with Crippen molar-refractivity contribution in [2.45, 2.75) is 23.5 Å². The van der Waals surface area contributed by atoms with Crippen molar-refractivity contribution in [3.05, 3.63) is 58.3 Å². The van der Waals surface area contributed by atoms with Crippen LogP contribution in [0.5, 0.6) is 0 Å². The van der Waals surface area contributed by atoms with Crippen molar-refractivity contribution in [1.29, 1.82) is 0 Å². The molecule has 0 bridgehead atoms. The smallest absolute Gasteiger partial charge is 0.237 e. The van der Waals surface area contributed by atoms with Gasteiger partial charge in [-0.05, 0) is 48.9 Å². The summed E-state index contributed by atoms with van der Waals surface area (Å²) in [6.07, 6.45) is 0.661. The first-order valence-corrected chi connectivity index (χ1v) is 8.31. The van der Waals surface area contributed by atoms with Crippen molar-refractivity contribution in [2.24, 2.45) is 0 Å². The van der Waals surface area contributed by atoms with Gasteiger partial charge in [0.2, 0.25) is 5.91 Å². The van der Waals surface area contributed by atoms with Gasteiger partial charge < -0.3 is 5.32 Å². The largest absolute Gasteiger partial charge is 0.325 e. The number of carbonyl (C=O) groups excluding carboxylic acids is 1. The molecule has 1 atom stereocenters. The Bertz CT molecular complexity index is 664. The van der Waals surface area contributed by atoms with Crippen molar-refractivity contribution in [3.8, 4) is 0 Å². The van der Waals surface area contributed by atoms with E-state index in [0.29, 0.717) is 17.1 Å². The zero-order valence-corrected chi connectivity index (χ0v) is 14.1. The van der Waals surface area contributed by atoms with Crippen LogP contribution in [0, 0.1) is 5.82 Å². The summed E-state index contributed by atoms with van der Waals surface area (Å²) in [6, 6.07) is 11.4. The lowest BCUT2D eigenvalue weighted by molar-refractivity contribution is -0.115. The van der Waals surface area contributed by atoms with E-state index in [0.717, 1.165) is 4.90 Å². The zero-order chi connectivity index (χ0) is 16.1. The monoisotopic (exact) mass is 357 g/mol. The molecule has 2 rings (SSSR count). The molecule has 0 aliphatic heterocycles. The third-order valence-electron chi connectivity index (χ3n) is 2.94. The number of amides is 1. The first-order valence-electron chi connectivity index (χ1n) is 6.67. The molecule has 0 saturated carbocycles. The lowest BCUT2D eigenvalue weighted by Crippen LogP contribution is -2.24. The molecule has 0 spiro atoms. The number of thioether (sulfide) groups is 1. The third-order valence-corrected chi connectivity index (χ3v) is 4.86. The van der Waals surface area contributed by atoms with Gasteiger partial charge in [-0.3, -0.25) is 4.79 Å². The van der Waals surface area contributed by atoms with Gasteiger partial charge in [-0.2, -0.15) is 0 Å². The summed E-state index contributed by atoms with van der Waals surface area (Å²) in [7, 11) is 0. The highest BCUT2D eigenvalue weighted by Gasteiger charge is 2.18. The molecular weight excluding hydrogens is 344 g/mol. The summed E-state index contributed by atoms with van der Waals surface area (Å²) < 4.78 is 13.1. The average Bonchev–Trinajstić information content (AvgIpc) is 2.50. The molecule has 0 saturated heterocycles. The highest BCUT2D eigenvalue weighted by molar-refractivity contribution is 8.00. The molecule has 0 aromatic heterocycles. The Kier molecular flexibility index (Phi) is 6.12. The fraction of sp³-hybridized carbons (Fsp3) is 0.188. The molecule has 22 heavy (non-hydrogen) atoms. The predicted molar refractivity (Wildman–Crippen MR) is 91.4 cm³/mol. The maximum Gasteiger partial charge on any atom is 0.237 e. The second-order valence-electron chi connectivity index (χ2n) is 4.59. The van der Waals surface area contributed by atoms with E-state index in [1.54, 1.807) is 12.1 Å². The number of hydrogen-bond acceptors (Lipinski definition) is 2. The molecule has 0 radical (unpaired) electrons. The molecule has 1 N–H and O–H groups in total. The minimum absolute atomic E-state index is 0.0174. The van der Waals surface area contributed by atoms with Crippen molar-refractivity contribution in [2.75, 3.05) is 5.32 Å². The first-order chi connectivity index (χ1) is 10.5. The van der Waals surface area contributed by atoms with Crippen LogP contribution in [0.2, 0.25) is 10.0 Å². The van der Waals surface area contributed by atoms with Crippen LogP contribution in [-0.2, 0) is 4.79 Å². The van der Waals surface area contributed by atoms with Crippen molar-refractivity contribution in [3.63, 3.8) is 0 Å². The molecule has 2 aromatic carbocycles. The van der Waals surface area contributed by atoms with Crippen LogP contribution in [0.15, 0.2) is 47.4 Å². The molecule has 1 unspecified atom stereocenters. The molecule has 2 nitrogen and oxygen atoms in total. The Morgan fingerprint density at radius 2 is 1.91 bits per heavy atom. The number of anilines is 1. The Morgan fingerprint density at radius 3 is 2.50 bits per heavy atom. The van der Waals surface area contributed by atoms with E-state index in [1.807, 2.05) is 19.1 Å². The van der Waals surface area contributed by atoms with Gasteiger partial charge in [0.15, 0.2) is 0 Å². The summed E-state index contributed by atoms with van der Waals surface area (Å²) >= 11 is 13.0. The molecule has 6 heteroatoms. The van der Waals surface area contributed by atoms with E-state index >= 15 is 0 Å². The maximum atomic E-state index is 13.1. The van der Waals surface area contributed by atoms with E-state index in [1.165, 1.54) is 30.0 Å². The summed E-state index contributed by atoms with van der Waals surface area (Å²) in [5.41, 5.74) is 0.478. The Balaban J connectivity index is 2.04. The quantitative estimate of drug-likeness (QED) is 0.701. The standard InChI is InChI=1S/C16H14Cl2FNOS/c1-2-15(22-12-6-3-10(17)4-7-12)16(21)20-11-5-8-14(19)13(18)9-11/h3-9,15H,2H2,1H3,(H,20,21). The summed E-state index contributed by atoms with van der Waals surface area (Å²) in [5, 5.41) is 3.13. The fourth-order valence-corrected chi connectivity index (χ4v) is 3.06. The number of carbonyl (C=O) groups is 1. The minimum Gasteiger partial charge on any atom is -0.325 e. The van der Waals surface area contributed by atoms with Crippen LogP contribution in [0.25, 0.3) is 0 Å². The van der Waals surface area contributed by atoms with E-state index in [4.69, 9.17) is 23.2 Å². The van der Waals surface area contributed by atoms with E-state index in [2.05, 4.69) is 5.32 Å². The van der Waals surface area contributed by atoms with Crippen LogP contribution in [0.4, 0.5) is 10.1 Å². The maximum absolute atomic E-state index is 13.1. The second kappa shape index (κ2) is 7.86. The van der Waals surface area contributed by atoms with Gasteiger partial charge in [0.25, 0.3) is 0 Å². The Morgan fingerprint density at radius 1 is 1.23 bits per heavy atom. The SMILES string of the molecule is CCC(Sc1ccc(Cl)cc1)C(=O)Nc1ccc(F)c(Cl)c1. The Hall–Kier alpha value is -1.23. The second-order valence-corrected chi connectivity index (χ2v) is 6.71. The van der Waals surface area contributed by atoms with Gasteiger partial charge in [-0.25, -0.2) is 4.39 Å². The predicted octanol–water partition coefficient (Wildman–Crippen LogP) is 5.64. The minimum atomic E-state index is -0.512. The highest BCUT2D eigenvalue weighted by Crippen LogP contribution is 2.28. The zero-order valence-electron chi connectivity index (χ0n) is 11.8. The summed E-state index contributed by atoms with van der Waals surface area (Å²) in [6.45, 7) is 1.94. The lowest BCUT2D eigenvalue weighted by Gasteiger charge is -2.15. The van der Waals surface area contributed by atoms with Crippen molar-refractivity contribution < 1.29 is 9.18 Å². The van der Waals surface area contributed by atoms with E-state index < -0.39 is 5.82 Å². The summed E-state index contributed by atoms with van der Waals surface area (Å²) in [4.78, 5) is 13.3. The fourth-order valence-electron chi connectivity index (χ4n) is 1.80. The van der Waals surface area contributed by atoms with Crippen LogP contribution in [-0.4, -0.2) is 11.2 Å². The van der Waals surface area contributed by atoms with E-state index in [9.17, 15) is 9.18 Å². The van der Waals surface area contributed by atoms with Crippen LogP contribution in [0.3, 0.4) is 0 Å². The normalized spacial score (nSPS) is 12.0. The molecule has 0 aliphatic carbocycles. The third kappa shape index (κ3) is 4.63. The van der Waals surface area contributed by atoms with Gasteiger partial charge in [-0.15, -0.1) is 11.8 Å². The number of rotatable bonds is 5.